The predicted octanol–water partition coefficient (Wildman–Crippen LogP) is 4.55. The van der Waals surface area contributed by atoms with E-state index in [0.717, 1.165) is 0 Å². The predicted molar refractivity (Wildman–Crippen MR) is 131 cm³/mol. The van der Waals surface area contributed by atoms with Crippen molar-refractivity contribution < 1.29 is 33.4 Å². The van der Waals surface area contributed by atoms with Gasteiger partial charge in [0.15, 0.2) is 23.1 Å². The Bertz CT molecular complexity index is 1290. The van der Waals surface area contributed by atoms with Crippen LogP contribution < -0.4 is 14.8 Å². The Hall–Kier alpha value is -4.46. The molecule has 0 radical (unpaired) electrons. The SMILES string of the molecule is CC(=O)c1cccc(NC(=O)C(OC(=O)CCC(=O)c2ccc3c(c2)OCCO3)c2ccccc2)c1. The summed E-state index contributed by atoms with van der Waals surface area (Å²) in [5, 5.41) is 2.70. The highest BCUT2D eigenvalue weighted by molar-refractivity contribution is 6.00. The van der Waals surface area contributed by atoms with Gasteiger partial charge in [0.05, 0.1) is 6.42 Å². The highest BCUT2D eigenvalue weighted by atomic mass is 16.6. The Morgan fingerprint density at radius 1 is 0.833 bits per heavy atom. The van der Waals surface area contributed by atoms with E-state index in [1.165, 1.54) is 6.92 Å². The van der Waals surface area contributed by atoms with E-state index in [1.54, 1.807) is 72.8 Å². The minimum atomic E-state index is -1.23. The van der Waals surface area contributed by atoms with Crippen molar-refractivity contribution >= 4 is 29.1 Å². The highest BCUT2D eigenvalue weighted by Gasteiger charge is 2.26. The third-order valence-corrected chi connectivity index (χ3v) is 5.55. The van der Waals surface area contributed by atoms with Crippen LogP contribution in [0, 0.1) is 0 Å². The molecule has 0 aliphatic carbocycles. The molecular weight excluding hydrogens is 462 g/mol. The van der Waals surface area contributed by atoms with Crippen molar-refractivity contribution in [3.05, 3.63) is 89.5 Å². The summed E-state index contributed by atoms with van der Waals surface area (Å²) in [6.45, 7) is 2.28. The van der Waals surface area contributed by atoms with Gasteiger partial charge in [-0.1, -0.05) is 42.5 Å². The third-order valence-electron chi connectivity index (χ3n) is 5.55. The van der Waals surface area contributed by atoms with Gasteiger partial charge in [0.1, 0.15) is 13.2 Å². The maximum Gasteiger partial charge on any atom is 0.307 e. The first kappa shape index (κ1) is 24.7. The van der Waals surface area contributed by atoms with E-state index in [2.05, 4.69) is 5.32 Å². The number of rotatable bonds is 9. The van der Waals surface area contributed by atoms with Crippen molar-refractivity contribution in [1.82, 2.24) is 0 Å². The molecule has 4 rings (SSSR count). The van der Waals surface area contributed by atoms with E-state index in [9.17, 15) is 19.2 Å². The van der Waals surface area contributed by atoms with Gasteiger partial charge in [0.25, 0.3) is 5.91 Å². The second kappa shape index (κ2) is 11.3. The molecule has 3 aromatic carbocycles. The summed E-state index contributed by atoms with van der Waals surface area (Å²) in [5.41, 5.74) is 1.72. The summed E-state index contributed by atoms with van der Waals surface area (Å²) in [6.07, 6.45) is -1.53. The Morgan fingerprint density at radius 2 is 1.58 bits per heavy atom. The van der Waals surface area contributed by atoms with Crippen LogP contribution >= 0.6 is 0 Å². The van der Waals surface area contributed by atoms with Crippen molar-refractivity contribution in [2.45, 2.75) is 25.9 Å². The second-order valence-corrected chi connectivity index (χ2v) is 8.19. The van der Waals surface area contributed by atoms with Gasteiger partial charge in [-0.05, 0) is 37.3 Å². The molecule has 0 spiro atoms. The van der Waals surface area contributed by atoms with Crippen LogP contribution in [0.15, 0.2) is 72.8 Å². The van der Waals surface area contributed by atoms with Gasteiger partial charge in [-0.15, -0.1) is 0 Å². The fourth-order valence-electron chi connectivity index (χ4n) is 3.69. The van der Waals surface area contributed by atoms with Gasteiger partial charge in [-0.3, -0.25) is 19.2 Å². The lowest BCUT2D eigenvalue weighted by molar-refractivity contribution is -0.154. The van der Waals surface area contributed by atoms with Gasteiger partial charge >= 0.3 is 5.97 Å². The first-order valence-corrected chi connectivity index (χ1v) is 11.5. The number of esters is 1. The number of fused-ring (bicyclic) bond motifs is 1. The van der Waals surface area contributed by atoms with Gasteiger partial charge < -0.3 is 19.5 Å². The molecule has 184 valence electrons. The van der Waals surface area contributed by atoms with Crippen LogP contribution in [0.2, 0.25) is 0 Å². The van der Waals surface area contributed by atoms with Crippen LogP contribution in [0.5, 0.6) is 11.5 Å². The van der Waals surface area contributed by atoms with Crippen LogP contribution in [0.4, 0.5) is 5.69 Å². The van der Waals surface area contributed by atoms with E-state index >= 15 is 0 Å². The fourth-order valence-corrected chi connectivity index (χ4v) is 3.69. The summed E-state index contributed by atoms with van der Waals surface area (Å²) >= 11 is 0. The second-order valence-electron chi connectivity index (χ2n) is 8.19. The number of Topliss-reactive ketones (excluding diaryl/α,β-unsaturated/α-hetero) is 2. The smallest absolute Gasteiger partial charge is 0.307 e. The Kier molecular flexibility index (Phi) is 7.75. The monoisotopic (exact) mass is 487 g/mol. The number of amides is 1. The first-order valence-electron chi connectivity index (χ1n) is 11.5. The van der Waals surface area contributed by atoms with Crippen molar-refractivity contribution in [1.29, 1.82) is 0 Å². The molecule has 1 atom stereocenters. The Balaban J connectivity index is 1.41. The Labute approximate surface area is 208 Å². The van der Waals surface area contributed by atoms with E-state index in [-0.39, 0.29) is 24.4 Å². The number of ketones is 2. The van der Waals surface area contributed by atoms with E-state index in [1.807, 2.05) is 0 Å². The number of anilines is 1. The standard InChI is InChI=1S/C28H25NO7/c1-18(30)20-8-5-9-22(16-20)29-28(33)27(19-6-3-2-4-7-19)36-26(32)13-11-23(31)21-10-12-24-25(17-21)35-15-14-34-24/h2-10,12,16-17,27H,11,13-15H2,1H3,(H,29,33). The van der Waals surface area contributed by atoms with Crippen LogP contribution in [-0.2, 0) is 14.3 Å². The molecule has 1 aliphatic rings. The van der Waals surface area contributed by atoms with Crippen LogP contribution in [0.3, 0.4) is 0 Å². The molecule has 1 amide bonds. The average Bonchev–Trinajstić information content (AvgIpc) is 2.90. The summed E-state index contributed by atoms with van der Waals surface area (Å²) in [5.74, 6) is -0.603. The molecule has 0 saturated heterocycles. The van der Waals surface area contributed by atoms with Gasteiger partial charge in [-0.25, -0.2) is 0 Å². The molecule has 1 heterocycles. The minimum absolute atomic E-state index is 0.0950. The average molecular weight is 488 g/mol. The van der Waals surface area contributed by atoms with Crippen LogP contribution in [-0.4, -0.2) is 36.7 Å². The minimum Gasteiger partial charge on any atom is -0.486 e. The van der Waals surface area contributed by atoms with Crippen molar-refractivity contribution in [3.8, 4) is 11.5 Å². The lowest BCUT2D eigenvalue weighted by Crippen LogP contribution is -2.26. The molecule has 1 unspecified atom stereocenters. The Morgan fingerprint density at radius 3 is 2.33 bits per heavy atom. The molecule has 1 N–H and O–H groups in total. The van der Waals surface area contributed by atoms with Crippen molar-refractivity contribution in [2.75, 3.05) is 18.5 Å². The van der Waals surface area contributed by atoms with Gasteiger partial charge in [-0.2, -0.15) is 0 Å². The zero-order valence-electron chi connectivity index (χ0n) is 19.7. The zero-order valence-corrected chi connectivity index (χ0v) is 19.7. The molecule has 0 bridgehead atoms. The number of carbonyl (C=O) groups excluding carboxylic acids is 4. The maximum atomic E-state index is 13.1. The molecule has 0 aromatic heterocycles. The summed E-state index contributed by atoms with van der Waals surface area (Å²) in [6, 6.07) is 19.9. The molecule has 0 fully saturated rings. The largest absolute Gasteiger partial charge is 0.486 e. The fraction of sp³-hybridized carbons (Fsp3) is 0.214. The molecule has 0 saturated carbocycles. The first-order chi connectivity index (χ1) is 17.4. The van der Waals surface area contributed by atoms with E-state index in [4.69, 9.17) is 14.2 Å². The third kappa shape index (κ3) is 6.15. The topological polar surface area (TPSA) is 108 Å². The maximum absolute atomic E-state index is 13.1. The molecule has 1 aliphatic heterocycles. The molecule has 8 heteroatoms. The van der Waals surface area contributed by atoms with Crippen LogP contribution in [0.1, 0.15) is 52.1 Å². The molecule has 8 nitrogen and oxygen atoms in total. The summed E-state index contributed by atoms with van der Waals surface area (Å²) < 4.78 is 16.5. The van der Waals surface area contributed by atoms with E-state index < -0.39 is 18.0 Å². The number of carbonyl (C=O) groups is 4. The van der Waals surface area contributed by atoms with E-state index in [0.29, 0.717) is 47.1 Å². The lowest BCUT2D eigenvalue weighted by Gasteiger charge is -2.19. The summed E-state index contributed by atoms with van der Waals surface area (Å²) in [7, 11) is 0. The molecule has 3 aromatic rings. The quantitative estimate of drug-likeness (QED) is 0.349. The van der Waals surface area contributed by atoms with Crippen LogP contribution in [0.25, 0.3) is 0 Å². The van der Waals surface area contributed by atoms with Crippen molar-refractivity contribution in [3.63, 3.8) is 0 Å². The molecular formula is C28H25NO7. The summed E-state index contributed by atoms with van der Waals surface area (Å²) in [4.78, 5) is 50.0. The van der Waals surface area contributed by atoms with Crippen molar-refractivity contribution in [2.24, 2.45) is 0 Å². The zero-order chi connectivity index (χ0) is 25.5. The number of nitrogens with one attached hydrogen (secondary N) is 1. The lowest BCUT2D eigenvalue weighted by atomic mass is 10.1. The number of benzene rings is 3. The number of hydrogen-bond donors (Lipinski definition) is 1. The van der Waals surface area contributed by atoms with Gasteiger partial charge in [0.2, 0.25) is 6.10 Å². The highest BCUT2D eigenvalue weighted by Crippen LogP contribution is 2.31. The number of hydrogen-bond acceptors (Lipinski definition) is 7. The normalized spacial score (nSPS) is 12.8. The number of ether oxygens (including phenoxy) is 3. The van der Waals surface area contributed by atoms with Gasteiger partial charge in [0, 0.05) is 28.8 Å². The molecule has 36 heavy (non-hydrogen) atoms.